The van der Waals surface area contributed by atoms with Crippen molar-refractivity contribution < 1.29 is 9.18 Å². The summed E-state index contributed by atoms with van der Waals surface area (Å²) in [6, 6.07) is 29.6. The molecule has 0 bridgehead atoms. The lowest BCUT2D eigenvalue weighted by Crippen LogP contribution is -2.45. The van der Waals surface area contributed by atoms with Crippen molar-refractivity contribution in [1.29, 1.82) is 0 Å². The fraction of sp³-hybridized carbons (Fsp3) is 0.306. The molecular weight excluding hydrogens is 509 g/mol. The van der Waals surface area contributed by atoms with Crippen LogP contribution in [-0.2, 0) is 6.54 Å². The molecule has 1 fully saturated rings. The minimum atomic E-state index is -0.183. The summed E-state index contributed by atoms with van der Waals surface area (Å²) in [6.45, 7) is 13.1. The first-order valence-electron chi connectivity index (χ1n) is 14.6. The van der Waals surface area contributed by atoms with Crippen molar-refractivity contribution in [2.75, 3.05) is 36.4 Å². The molecule has 0 radical (unpaired) electrons. The Bertz CT molecular complexity index is 1470. The smallest absolute Gasteiger partial charge is 0.256 e. The van der Waals surface area contributed by atoms with E-state index in [1.165, 1.54) is 17.2 Å². The van der Waals surface area contributed by atoms with E-state index in [1.54, 1.807) is 12.1 Å². The molecule has 0 saturated carbocycles. The van der Waals surface area contributed by atoms with E-state index in [9.17, 15) is 9.18 Å². The number of halogens is 1. The third kappa shape index (κ3) is 6.86. The fourth-order valence-corrected chi connectivity index (χ4v) is 5.61. The molecule has 4 aromatic rings. The molecule has 0 aliphatic carbocycles. The minimum absolute atomic E-state index is 0.103. The summed E-state index contributed by atoms with van der Waals surface area (Å²) in [6.07, 6.45) is 0. The first-order chi connectivity index (χ1) is 19.8. The molecule has 5 rings (SSSR count). The maximum Gasteiger partial charge on any atom is 0.256 e. The van der Waals surface area contributed by atoms with Crippen molar-refractivity contribution in [3.8, 4) is 11.1 Å². The quantitative estimate of drug-likeness (QED) is 0.240. The van der Waals surface area contributed by atoms with E-state index in [0.29, 0.717) is 11.5 Å². The zero-order valence-electron chi connectivity index (χ0n) is 24.5. The highest BCUT2D eigenvalue weighted by Gasteiger charge is 2.20. The summed E-state index contributed by atoms with van der Waals surface area (Å²) in [5, 5.41) is 3.14. The van der Waals surface area contributed by atoms with Crippen LogP contribution in [0.4, 0.5) is 15.8 Å². The molecule has 1 aliphatic heterocycles. The topological polar surface area (TPSA) is 35.6 Å². The summed E-state index contributed by atoms with van der Waals surface area (Å²) in [5.41, 5.74) is 8.14. The van der Waals surface area contributed by atoms with Gasteiger partial charge in [0, 0.05) is 49.7 Å². The number of carbonyl (C=O) groups excluding carboxylic acids is 1. The van der Waals surface area contributed by atoms with Crippen molar-refractivity contribution in [3.63, 3.8) is 0 Å². The molecule has 1 aliphatic rings. The largest absolute Gasteiger partial charge is 0.369 e. The Balaban J connectivity index is 1.26. The lowest BCUT2D eigenvalue weighted by molar-refractivity contribution is 0.102. The van der Waals surface area contributed by atoms with Crippen molar-refractivity contribution in [2.45, 2.75) is 46.1 Å². The molecule has 41 heavy (non-hydrogen) atoms. The lowest BCUT2D eigenvalue weighted by Gasteiger charge is -2.36. The Kier molecular flexibility index (Phi) is 8.84. The second-order valence-electron chi connectivity index (χ2n) is 11.6. The standard InChI is InChI=1S/C36H40FN3O/c1-25(2)28-11-13-29(14-12-28)35-33(26(3)4)9-6-10-34(35)36(41)38-31-15-17-32(18-16-31)40-21-19-39(20-22-40)24-27-7-5-8-30(37)23-27/h5-18,23,25-26H,19-22,24H2,1-4H3,(H,38,41). The van der Waals surface area contributed by atoms with Crippen molar-refractivity contribution >= 4 is 17.3 Å². The van der Waals surface area contributed by atoms with Gasteiger partial charge >= 0.3 is 0 Å². The highest BCUT2D eigenvalue weighted by molar-refractivity contribution is 6.09. The summed E-state index contributed by atoms with van der Waals surface area (Å²) in [7, 11) is 0. The number of carbonyl (C=O) groups is 1. The van der Waals surface area contributed by atoms with Crippen LogP contribution in [0.1, 0.15) is 66.6 Å². The molecule has 1 N–H and O–H groups in total. The average molecular weight is 550 g/mol. The van der Waals surface area contributed by atoms with Crippen molar-refractivity contribution in [1.82, 2.24) is 4.90 Å². The molecule has 212 valence electrons. The average Bonchev–Trinajstić information content (AvgIpc) is 2.97. The minimum Gasteiger partial charge on any atom is -0.369 e. The molecule has 1 amide bonds. The molecule has 0 aromatic heterocycles. The van der Waals surface area contributed by atoms with E-state index < -0.39 is 0 Å². The maximum atomic E-state index is 13.6. The molecule has 4 nitrogen and oxygen atoms in total. The van der Waals surface area contributed by atoms with Gasteiger partial charge in [-0.05, 0) is 82.1 Å². The highest BCUT2D eigenvalue weighted by Crippen LogP contribution is 2.34. The van der Waals surface area contributed by atoms with Crippen LogP contribution < -0.4 is 10.2 Å². The SMILES string of the molecule is CC(C)c1ccc(-c2c(C(=O)Nc3ccc(N4CCN(Cc5cccc(F)c5)CC4)cc3)cccc2C(C)C)cc1. The number of piperazine rings is 1. The molecule has 5 heteroatoms. The number of nitrogens with zero attached hydrogens (tertiary/aromatic N) is 2. The number of benzene rings is 4. The van der Waals surface area contributed by atoms with E-state index in [1.807, 2.05) is 30.3 Å². The van der Waals surface area contributed by atoms with Crippen molar-refractivity contribution in [3.05, 3.63) is 119 Å². The van der Waals surface area contributed by atoms with Gasteiger partial charge in [0.25, 0.3) is 5.91 Å². The zero-order chi connectivity index (χ0) is 28.9. The van der Waals surface area contributed by atoms with Crippen LogP contribution in [0.15, 0.2) is 91.0 Å². The van der Waals surface area contributed by atoms with Gasteiger partial charge in [-0.25, -0.2) is 4.39 Å². The van der Waals surface area contributed by atoms with E-state index in [2.05, 4.69) is 85.3 Å². The zero-order valence-corrected chi connectivity index (χ0v) is 24.5. The number of hydrogen-bond donors (Lipinski definition) is 1. The molecular formula is C36H40FN3O. The molecule has 0 atom stereocenters. The normalized spacial score (nSPS) is 14.1. The van der Waals surface area contributed by atoms with Gasteiger partial charge in [0.1, 0.15) is 5.82 Å². The lowest BCUT2D eigenvalue weighted by atomic mass is 9.87. The first kappa shape index (κ1) is 28.6. The number of amides is 1. The van der Waals surface area contributed by atoms with Crippen LogP contribution >= 0.6 is 0 Å². The first-order valence-corrected chi connectivity index (χ1v) is 14.6. The number of rotatable bonds is 8. The molecule has 1 heterocycles. The predicted octanol–water partition coefficient (Wildman–Crippen LogP) is 8.31. The molecule has 0 unspecified atom stereocenters. The van der Waals surface area contributed by atoms with E-state index >= 15 is 0 Å². The summed E-state index contributed by atoms with van der Waals surface area (Å²) >= 11 is 0. The molecule has 1 saturated heterocycles. The Hall–Kier alpha value is -3.96. The third-order valence-electron chi connectivity index (χ3n) is 7.99. The fourth-order valence-electron chi connectivity index (χ4n) is 5.61. The Morgan fingerprint density at radius 2 is 1.49 bits per heavy atom. The van der Waals surface area contributed by atoms with Crippen LogP contribution in [-0.4, -0.2) is 37.0 Å². The number of nitrogens with one attached hydrogen (secondary N) is 1. The maximum absolute atomic E-state index is 13.6. The van der Waals surface area contributed by atoms with Gasteiger partial charge in [-0.3, -0.25) is 9.69 Å². The van der Waals surface area contributed by atoms with Crippen LogP contribution in [0.2, 0.25) is 0 Å². The van der Waals surface area contributed by atoms with E-state index in [-0.39, 0.29) is 17.6 Å². The van der Waals surface area contributed by atoms with Gasteiger partial charge in [0.2, 0.25) is 0 Å². The van der Waals surface area contributed by atoms with Gasteiger partial charge in [0.15, 0.2) is 0 Å². The van der Waals surface area contributed by atoms with Crippen LogP contribution in [0, 0.1) is 5.82 Å². The van der Waals surface area contributed by atoms with Crippen molar-refractivity contribution in [2.24, 2.45) is 0 Å². The number of hydrogen-bond acceptors (Lipinski definition) is 3. The van der Waals surface area contributed by atoms with Gasteiger partial charge in [-0.2, -0.15) is 0 Å². The third-order valence-corrected chi connectivity index (χ3v) is 7.99. The van der Waals surface area contributed by atoms with Gasteiger partial charge in [0.05, 0.1) is 0 Å². The summed E-state index contributed by atoms with van der Waals surface area (Å²) in [4.78, 5) is 18.3. The molecule has 0 spiro atoms. The second-order valence-corrected chi connectivity index (χ2v) is 11.6. The Labute approximate surface area is 243 Å². The van der Waals surface area contributed by atoms with Crippen LogP contribution in [0.25, 0.3) is 11.1 Å². The van der Waals surface area contributed by atoms with Gasteiger partial charge in [-0.1, -0.05) is 76.2 Å². The van der Waals surface area contributed by atoms with E-state index in [0.717, 1.165) is 60.8 Å². The summed E-state index contributed by atoms with van der Waals surface area (Å²) < 4.78 is 13.5. The second kappa shape index (κ2) is 12.7. The van der Waals surface area contributed by atoms with Crippen LogP contribution in [0.3, 0.4) is 0 Å². The molecule has 4 aromatic carbocycles. The Morgan fingerprint density at radius 3 is 2.12 bits per heavy atom. The number of anilines is 2. The summed E-state index contributed by atoms with van der Waals surface area (Å²) in [5.74, 6) is 0.460. The van der Waals surface area contributed by atoms with Crippen LogP contribution in [0.5, 0.6) is 0 Å². The monoisotopic (exact) mass is 549 g/mol. The highest BCUT2D eigenvalue weighted by atomic mass is 19.1. The predicted molar refractivity (Wildman–Crippen MR) is 168 cm³/mol. The van der Waals surface area contributed by atoms with E-state index in [4.69, 9.17) is 0 Å². The van der Waals surface area contributed by atoms with Gasteiger partial charge < -0.3 is 10.2 Å². The Morgan fingerprint density at radius 1 is 0.805 bits per heavy atom. The van der Waals surface area contributed by atoms with Gasteiger partial charge in [-0.15, -0.1) is 0 Å².